The van der Waals surface area contributed by atoms with Crippen LogP contribution in [0.2, 0.25) is 0 Å². The molecule has 1 aliphatic carbocycles. The van der Waals surface area contributed by atoms with Gasteiger partial charge >= 0.3 is 0 Å². The van der Waals surface area contributed by atoms with Gasteiger partial charge in [0.25, 0.3) is 0 Å². The van der Waals surface area contributed by atoms with E-state index in [1.54, 1.807) is 0 Å². The molecule has 3 atom stereocenters. The highest BCUT2D eigenvalue weighted by Crippen LogP contribution is 2.44. The third-order valence-electron chi connectivity index (χ3n) is 4.60. The van der Waals surface area contributed by atoms with E-state index in [2.05, 4.69) is 19.9 Å². The highest BCUT2D eigenvalue weighted by atomic mass is 16.5. The van der Waals surface area contributed by atoms with E-state index in [-0.39, 0.29) is 11.7 Å². The van der Waals surface area contributed by atoms with Gasteiger partial charge in [-0.25, -0.2) is 0 Å². The summed E-state index contributed by atoms with van der Waals surface area (Å²) in [6.45, 7) is 8.16. The van der Waals surface area contributed by atoms with Crippen molar-refractivity contribution in [2.45, 2.75) is 77.1 Å². The van der Waals surface area contributed by atoms with Gasteiger partial charge < -0.3 is 9.84 Å². The van der Waals surface area contributed by atoms with Crippen molar-refractivity contribution in [3.8, 4) is 0 Å². The third kappa shape index (κ3) is 2.74. The molecule has 2 nitrogen and oxygen atoms in total. The minimum atomic E-state index is -0.710. The minimum absolute atomic E-state index is 0.000460. The van der Waals surface area contributed by atoms with Crippen LogP contribution in [0.3, 0.4) is 0 Å². The predicted octanol–water partition coefficient (Wildman–Crippen LogP) is 3.44. The van der Waals surface area contributed by atoms with Crippen LogP contribution in [0.25, 0.3) is 0 Å². The lowest BCUT2D eigenvalue weighted by molar-refractivity contribution is -0.135. The van der Waals surface area contributed by atoms with Gasteiger partial charge in [-0.05, 0) is 65.7 Å². The Bertz CT molecular complexity index is 313. The number of allylic oxidation sites excluding steroid dienone is 2. The molecular formula is C15H26O2. The molecule has 1 N–H and O–H groups in total. The molecule has 0 aromatic carbocycles. The zero-order valence-corrected chi connectivity index (χ0v) is 11.6. The number of hydrogen-bond acceptors (Lipinski definition) is 2. The largest absolute Gasteiger partial charge is 0.388 e. The Hall–Kier alpha value is -0.340. The molecule has 0 spiro atoms. The summed E-state index contributed by atoms with van der Waals surface area (Å²) in [6.07, 6.45) is 8.01. The molecule has 1 fully saturated rings. The average Bonchev–Trinajstić information content (AvgIpc) is 2.62. The molecule has 0 amide bonds. The fourth-order valence-electron chi connectivity index (χ4n) is 3.18. The van der Waals surface area contributed by atoms with Crippen LogP contribution in [0.5, 0.6) is 0 Å². The highest BCUT2D eigenvalue weighted by Gasteiger charge is 2.46. The molecule has 2 heteroatoms. The van der Waals surface area contributed by atoms with E-state index in [9.17, 15) is 5.11 Å². The summed E-state index contributed by atoms with van der Waals surface area (Å²) in [5.41, 5.74) is 0.780. The van der Waals surface area contributed by atoms with Crippen LogP contribution >= 0.6 is 0 Å². The van der Waals surface area contributed by atoms with E-state index in [1.807, 2.05) is 13.8 Å². The summed E-state index contributed by atoms with van der Waals surface area (Å²) in [6, 6.07) is 0. The maximum absolute atomic E-state index is 10.1. The molecule has 98 valence electrons. The van der Waals surface area contributed by atoms with Crippen molar-refractivity contribution in [3.05, 3.63) is 11.6 Å². The van der Waals surface area contributed by atoms with E-state index in [0.29, 0.717) is 5.92 Å². The normalized spacial score (nSPS) is 39.2. The predicted molar refractivity (Wildman–Crippen MR) is 69.9 cm³/mol. The van der Waals surface area contributed by atoms with Gasteiger partial charge in [-0.2, -0.15) is 0 Å². The number of rotatable bonds is 2. The Balaban J connectivity index is 2.02. The second-order valence-corrected chi connectivity index (χ2v) is 6.63. The lowest BCUT2D eigenvalue weighted by Gasteiger charge is -2.37. The lowest BCUT2D eigenvalue weighted by atomic mass is 9.77. The Morgan fingerprint density at radius 1 is 1.41 bits per heavy atom. The minimum Gasteiger partial charge on any atom is -0.388 e. The molecule has 1 heterocycles. The van der Waals surface area contributed by atoms with Crippen LogP contribution in [-0.4, -0.2) is 22.4 Å². The monoisotopic (exact) mass is 238 g/mol. The van der Waals surface area contributed by atoms with Gasteiger partial charge in [0.05, 0.1) is 17.3 Å². The molecule has 17 heavy (non-hydrogen) atoms. The third-order valence-corrected chi connectivity index (χ3v) is 4.60. The smallest absolute Gasteiger partial charge is 0.0865 e. The second-order valence-electron chi connectivity index (χ2n) is 6.63. The van der Waals surface area contributed by atoms with Gasteiger partial charge in [0.2, 0.25) is 0 Å². The quantitative estimate of drug-likeness (QED) is 0.747. The number of aliphatic hydroxyl groups is 1. The standard InChI is InChI=1S/C15H26O2/c1-11-5-7-12(8-6-11)15(4)10-9-13(17-15)14(2,3)16/h5,12-13,16H,6-10H2,1-4H3/t12-,13+,15-/m0/s1. The molecule has 1 saturated heterocycles. The van der Waals surface area contributed by atoms with Crippen molar-refractivity contribution in [1.29, 1.82) is 0 Å². The zero-order valence-electron chi connectivity index (χ0n) is 11.6. The lowest BCUT2D eigenvalue weighted by Crippen LogP contribution is -2.41. The molecule has 2 aliphatic rings. The zero-order chi connectivity index (χ0) is 12.7. The Morgan fingerprint density at radius 3 is 2.59 bits per heavy atom. The summed E-state index contributed by atoms with van der Waals surface area (Å²) >= 11 is 0. The van der Waals surface area contributed by atoms with Crippen LogP contribution in [0.4, 0.5) is 0 Å². The first kappa shape index (κ1) is 13.1. The van der Waals surface area contributed by atoms with Crippen molar-refractivity contribution >= 4 is 0 Å². The summed E-state index contributed by atoms with van der Waals surface area (Å²) in [5, 5.41) is 10.1. The summed E-state index contributed by atoms with van der Waals surface area (Å²) in [7, 11) is 0. The molecule has 0 aromatic rings. The van der Waals surface area contributed by atoms with Crippen LogP contribution in [0.1, 0.15) is 59.8 Å². The average molecular weight is 238 g/mol. The summed E-state index contributed by atoms with van der Waals surface area (Å²) < 4.78 is 6.21. The van der Waals surface area contributed by atoms with E-state index >= 15 is 0 Å². The van der Waals surface area contributed by atoms with Crippen LogP contribution in [0.15, 0.2) is 11.6 Å². The maximum atomic E-state index is 10.1. The van der Waals surface area contributed by atoms with Crippen molar-refractivity contribution in [1.82, 2.24) is 0 Å². The molecule has 1 aliphatic heterocycles. The van der Waals surface area contributed by atoms with Gasteiger partial charge in [-0.1, -0.05) is 11.6 Å². The maximum Gasteiger partial charge on any atom is 0.0865 e. The van der Waals surface area contributed by atoms with Gasteiger partial charge in [0, 0.05) is 0 Å². The highest BCUT2D eigenvalue weighted by molar-refractivity contribution is 5.07. The summed E-state index contributed by atoms with van der Waals surface area (Å²) in [4.78, 5) is 0. The molecule has 2 rings (SSSR count). The second kappa shape index (κ2) is 4.40. The first-order valence-corrected chi connectivity index (χ1v) is 6.87. The van der Waals surface area contributed by atoms with E-state index in [1.165, 1.54) is 18.4 Å². The van der Waals surface area contributed by atoms with Crippen molar-refractivity contribution in [3.63, 3.8) is 0 Å². The molecular weight excluding hydrogens is 212 g/mol. The van der Waals surface area contributed by atoms with Crippen LogP contribution in [0, 0.1) is 5.92 Å². The van der Waals surface area contributed by atoms with Crippen molar-refractivity contribution in [2.75, 3.05) is 0 Å². The first-order valence-electron chi connectivity index (χ1n) is 6.87. The van der Waals surface area contributed by atoms with Crippen LogP contribution < -0.4 is 0 Å². The van der Waals surface area contributed by atoms with Gasteiger partial charge in [-0.3, -0.25) is 0 Å². The van der Waals surface area contributed by atoms with E-state index < -0.39 is 5.60 Å². The Labute approximate surface area is 105 Å². The molecule has 0 bridgehead atoms. The first-order chi connectivity index (χ1) is 7.81. The fourth-order valence-corrected chi connectivity index (χ4v) is 3.18. The Morgan fingerprint density at radius 2 is 2.12 bits per heavy atom. The number of ether oxygens (including phenoxy) is 1. The topological polar surface area (TPSA) is 29.5 Å². The van der Waals surface area contributed by atoms with Crippen LogP contribution in [-0.2, 0) is 4.74 Å². The molecule has 0 aromatic heterocycles. The fraction of sp³-hybridized carbons (Fsp3) is 0.867. The number of hydrogen-bond donors (Lipinski definition) is 1. The summed E-state index contributed by atoms with van der Waals surface area (Å²) in [5.74, 6) is 0.624. The molecule has 0 saturated carbocycles. The molecule has 0 unspecified atom stereocenters. The van der Waals surface area contributed by atoms with Gasteiger partial charge in [-0.15, -0.1) is 0 Å². The Kier molecular flexibility index (Phi) is 3.39. The van der Waals surface area contributed by atoms with E-state index in [4.69, 9.17) is 4.74 Å². The van der Waals surface area contributed by atoms with Crippen molar-refractivity contribution < 1.29 is 9.84 Å². The SMILES string of the molecule is CC1=CC[C@H]([C@]2(C)CC[C@H](C(C)(C)O)O2)CC1. The van der Waals surface area contributed by atoms with Gasteiger partial charge in [0.15, 0.2) is 0 Å². The van der Waals surface area contributed by atoms with Gasteiger partial charge in [0.1, 0.15) is 0 Å². The van der Waals surface area contributed by atoms with Crippen molar-refractivity contribution in [2.24, 2.45) is 5.92 Å². The molecule has 0 radical (unpaired) electrons. The van der Waals surface area contributed by atoms with E-state index in [0.717, 1.165) is 19.3 Å².